The largest absolute Gasteiger partial charge is 0.336 e. The van der Waals surface area contributed by atoms with Gasteiger partial charge in [-0.05, 0) is 49.8 Å². The smallest absolute Gasteiger partial charge is 0.257 e. The quantitative estimate of drug-likeness (QED) is 0.859. The fraction of sp³-hybridized carbons (Fsp3) is 0.409. The highest BCUT2D eigenvalue weighted by Gasteiger charge is 2.26. The molecule has 27 heavy (non-hydrogen) atoms. The van der Waals surface area contributed by atoms with Crippen molar-refractivity contribution in [3.63, 3.8) is 0 Å². The molecule has 0 bridgehead atoms. The number of rotatable bonds is 5. The van der Waals surface area contributed by atoms with Crippen LogP contribution < -0.4 is 5.32 Å². The van der Waals surface area contributed by atoms with E-state index in [0.29, 0.717) is 11.1 Å². The molecule has 1 atom stereocenters. The van der Waals surface area contributed by atoms with Gasteiger partial charge in [0.05, 0.1) is 11.1 Å². The molecule has 1 unspecified atom stereocenters. The van der Waals surface area contributed by atoms with E-state index in [1.165, 1.54) is 12.6 Å². The lowest BCUT2D eigenvalue weighted by atomic mass is 9.99. The van der Waals surface area contributed by atoms with Crippen LogP contribution >= 0.6 is 0 Å². The summed E-state index contributed by atoms with van der Waals surface area (Å²) in [4.78, 5) is 31.7. The first-order chi connectivity index (χ1) is 13.1. The maximum atomic E-state index is 13.0. The van der Waals surface area contributed by atoms with Crippen molar-refractivity contribution in [2.24, 2.45) is 0 Å². The van der Waals surface area contributed by atoms with Gasteiger partial charge in [0.25, 0.3) is 11.8 Å². The lowest BCUT2D eigenvalue weighted by molar-refractivity contribution is 0.0607. The van der Waals surface area contributed by atoms with Crippen LogP contribution in [0.3, 0.4) is 0 Å². The van der Waals surface area contributed by atoms with Crippen molar-refractivity contribution in [2.75, 3.05) is 11.9 Å². The highest BCUT2D eigenvalue weighted by atomic mass is 16.2. The summed E-state index contributed by atoms with van der Waals surface area (Å²) in [5, 5.41) is 2.94. The Bertz CT molecular complexity index is 819. The predicted molar refractivity (Wildman–Crippen MR) is 107 cm³/mol. The molecule has 1 N–H and O–H groups in total. The summed E-state index contributed by atoms with van der Waals surface area (Å²) in [6, 6.07) is 9.67. The minimum absolute atomic E-state index is 0.0299. The number of pyridine rings is 1. The number of carbonyl (C=O) groups is 2. The first kappa shape index (κ1) is 19.1. The maximum absolute atomic E-state index is 13.0. The van der Waals surface area contributed by atoms with Crippen molar-refractivity contribution in [1.82, 2.24) is 9.88 Å². The van der Waals surface area contributed by atoms with E-state index in [9.17, 15) is 9.59 Å². The molecule has 0 radical (unpaired) electrons. The number of likely N-dealkylation sites (tertiary alicyclic amines) is 1. The van der Waals surface area contributed by atoms with Gasteiger partial charge >= 0.3 is 0 Å². The Morgan fingerprint density at radius 3 is 2.70 bits per heavy atom. The summed E-state index contributed by atoms with van der Waals surface area (Å²) in [6.07, 6.45) is 8.09. The summed E-state index contributed by atoms with van der Waals surface area (Å²) in [6.45, 7) is 4.94. The highest BCUT2D eigenvalue weighted by Crippen LogP contribution is 2.22. The molecule has 2 heterocycles. The monoisotopic (exact) mass is 365 g/mol. The van der Waals surface area contributed by atoms with Gasteiger partial charge in [-0.25, -0.2) is 0 Å². The molecule has 5 heteroatoms. The van der Waals surface area contributed by atoms with Crippen molar-refractivity contribution < 1.29 is 9.59 Å². The Labute approximate surface area is 160 Å². The number of piperidine rings is 1. The number of hydrogen-bond donors (Lipinski definition) is 1. The van der Waals surface area contributed by atoms with Gasteiger partial charge in [0.15, 0.2) is 0 Å². The van der Waals surface area contributed by atoms with E-state index < -0.39 is 0 Å². The molecule has 142 valence electrons. The van der Waals surface area contributed by atoms with Gasteiger partial charge in [-0.3, -0.25) is 14.6 Å². The number of benzene rings is 1. The van der Waals surface area contributed by atoms with Crippen LogP contribution in [0.5, 0.6) is 0 Å². The van der Waals surface area contributed by atoms with Crippen LogP contribution in [0.2, 0.25) is 0 Å². The van der Waals surface area contributed by atoms with Gasteiger partial charge in [0.2, 0.25) is 0 Å². The molecule has 0 saturated carbocycles. The average Bonchev–Trinajstić information content (AvgIpc) is 2.73. The Balaban J connectivity index is 1.78. The molecular weight excluding hydrogens is 338 g/mol. The summed E-state index contributed by atoms with van der Waals surface area (Å²) >= 11 is 0. The van der Waals surface area contributed by atoms with E-state index in [1.54, 1.807) is 12.3 Å². The lowest BCUT2D eigenvalue weighted by Crippen LogP contribution is -2.43. The number of nitrogens with zero attached hydrogens (tertiary/aromatic N) is 2. The third-order valence-corrected chi connectivity index (χ3v) is 5.25. The van der Waals surface area contributed by atoms with Crippen molar-refractivity contribution in [3.8, 4) is 0 Å². The van der Waals surface area contributed by atoms with Crippen LogP contribution in [0.15, 0.2) is 42.7 Å². The molecule has 3 rings (SSSR count). The second-order valence-corrected chi connectivity index (χ2v) is 6.98. The number of nitrogens with one attached hydrogen (secondary N) is 1. The number of para-hydroxylation sites is 1. The Hall–Kier alpha value is -2.69. The summed E-state index contributed by atoms with van der Waals surface area (Å²) < 4.78 is 0. The normalized spacial score (nSPS) is 16.8. The van der Waals surface area contributed by atoms with Crippen molar-refractivity contribution in [2.45, 2.75) is 52.0 Å². The molecule has 0 spiro atoms. The third kappa shape index (κ3) is 4.35. The van der Waals surface area contributed by atoms with E-state index in [0.717, 1.165) is 43.5 Å². The first-order valence-corrected chi connectivity index (χ1v) is 9.79. The van der Waals surface area contributed by atoms with Gasteiger partial charge in [-0.15, -0.1) is 0 Å². The summed E-state index contributed by atoms with van der Waals surface area (Å²) in [5.74, 6) is -0.276. The minimum Gasteiger partial charge on any atom is -0.336 e. The van der Waals surface area contributed by atoms with E-state index >= 15 is 0 Å². The molecule has 1 fully saturated rings. The third-order valence-electron chi connectivity index (χ3n) is 5.25. The van der Waals surface area contributed by atoms with Crippen LogP contribution in [-0.2, 0) is 6.42 Å². The maximum Gasteiger partial charge on any atom is 0.257 e. The van der Waals surface area contributed by atoms with Gasteiger partial charge in [-0.1, -0.05) is 32.0 Å². The van der Waals surface area contributed by atoms with Gasteiger partial charge < -0.3 is 10.2 Å². The van der Waals surface area contributed by atoms with Gasteiger partial charge in [0.1, 0.15) is 0 Å². The number of aromatic nitrogens is 1. The van der Waals surface area contributed by atoms with Crippen LogP contribution in [0.1, 0.15) is 65.8 Å². The Morgan fingerprint density at radius 1 is 1.15 bits per heavy atom. The molecule has 1 aromatic heterocycles. The summed E-state index contributed by atoms with van der Waals surface area (Å²) in [7, 11) is 0. The van der Waals surface area contributed by atoms with Crippen molar-refractivity contribution >= 4 is 17.5 Å². The SMILES string of the molecule is CCc1ccccc1NC(=O)c1cncc(C(=O)N2CCCCC2CC)c1. The molecule has 1 aliphatic rings. The number of amides is 2. The van der Waals surface area contributed by atoms with E-state index in [2.05, 4.69) is 24.1 Å². The second-order valence-electron chi connectivity index (χ2n) is 6.98. The molecule has 1 aliphatic heterocycles. The zero-order valence-electron chi connectivity index (χ0n) is 16.1. The minimum atomic E-state index is -0.247. The van der Waals surface area contributed by atoms with Crippen molar-refractivity contribution in [1.29, 1.82) is 0 Å². The molecule has 2 amide bonds. The molecule has 1 aromatic carbocycles. The number of carbonyl (C=O) groups excluding carboxylic acids is 2. The van der Waals surface area contributed by atoms with Crippen LogP contribution in [0.4, 0.5) is 5.69 Å². The molecule has 0 aliphatic carbocycles. The predicted octanol–water partition coefficient (Wildman–Crippen LogP) is 4.30. The lowest BCUT2D eigenvalue weighted by Gasteiger charge is -2.35. The molecular formula is C22H27N3O2. The molecule has 1 saturated heterocycles. The second kappa shape index (κ2) is 8.80. The summed E-state index contributed by atoms with van der Waals surface area (Å²) in [5.41, 5.74) is 2.75. The fourth-order valence-electron chi connectivity index (χ4n) is 3.68. The highest BCUT2D eigenvalue weighted by molar-refractivity contribution is 6.06. The molecule has 2 aromatic rings. The number of aryl methyl sites for hydroxylation is 1. The Kier molecular flexibility index (Phi) is 6.22. The zero-order valence-corrected chi connectivity index (χ0v) is 16.1. The fourth-order valence-corrected chi connectivity index (χ4v) is 3.68. The Morgan fingerprint density at radius 2 is 1.93 bits per heavy atom. The van der Waals surface area contributed by atoms with Crippen LogP contribution in [0, 0.1) is 0 Å². The average molecular weight is 365 g/mol. The van der Waals surface area contributed by atoms with E-state index in [-0.39, 0.29) is 17.9 Å². The number of hydrogen-bond acceptors (Lipinski definition) is 3. The standard InChI is InChI=1S/C22H27N3O2/c1-3-16-9-5-6-11-20(16)24-21(26)17-13-18(15-23-14-17)22(27)25-12-8-7-10-19(25)4-2/h5-6,9,11,13-15,19H,3-4,7-8,10,12H2,1-2H3,(H,24,26). The first-order valence-electron chi connectivity index (χ1n) is 9.79. The zero-order chi connectivity index (χ0) is 19.2. The number of anilines is 1. The van der Waals surface area contributed by atoms with E-state index in [1.807, 2.05) is 29.2 Å². The molecule has 5 nitrogen and oxygen atoms in total. The van der Waals surface area contributed by atoms with E-state index in [4.69, 9.17) is 0 Å². The topological polar surface area (TPSA) is 62.3 Å². The van der Waals surface area contributed by atoms with Crippen molar-refractivity contribution in [3.05, 3.63) is 59.4 Å². The van der Waals surface area contributed by atoms with Gasteiger partial charge in [-0.2, -0.15) is 0 Å². The van der Waals surface area contributed by atoms with Crippen LogP contribution in [-0.4, -0.2) is 34.3 Å². The van der Waals surface area contributed by atoms with Gasteiger partial charge in [0, 0.05) is 30.7 Å². The van der Waals surface area contributed by atoms with Crippen LogP contribution in [0.25, 0.3) is 0 Å².